The number of benzene rings is 3. The van der Waals surface area contributed by atoms with Crippen LogP contribution in [0.4, 0.5) is 0 Å². The van der Waals surface area contributed by atoms with Gasteiger partial charge in [0, 0.05) is 5.02 Å². The second-order valence-corrected chi connectivity index (χ2v) is 7.90. The molecular formula is C25H22ClNO4. The van der Waals surface area contributed by atoms with E-state index in [0.29, 0.717) is 34.7 Å². The Morgan fingerprint density at radius 3 is 2.32 bits per heavy atom. The van der Waals surface area contributed by atoms with Gasteiger partial charge in [0.05, 0.1) is 18.7 Å². The van der Waals surface area contributed by atoms with E-state index in [1.54, 1.807) is 18.2 Å². The van der Waals surface area contributed by atoms with Crippen molar-refractivity contribution in [3.63, 3.8) is 0 Å². The zero-order valence-corrected chi connectivity index (χ0v) is 17.8. The first-order valence-corrected chi connectivity index (χ1v) is 10.4. The predicted octanol–water partition coefficient (Wildman–Crippen LogP) is 5.45. The summed E-state index contributed by atoms with van der Waals surface area (Å²) in [6, 6.07) is 20.9. The minimum atomic E-state index is -1.01. The number of carboxylic acid groups (broad SMARTS) is 1. The van der Waals surface area contributed by atoms with Gasteiger partial charge in [0.15, 0.2) is 0 Å². The van der Waals surface area contributed by atoms with Gasteiger partial charge in [0.1, 0.15) is 11.8 Å². The van der Waals surface area contributed by atoms with E-state index in [-0.39, 0.29) is 11.9 Å². The number of nitrogens with zero attached hydrogens (tertiary/aromatic N) is 1. The topological polar surface area (TPSA) is 66.8 Å². The van der Waals surface area contributed by atoms with Crippen LogP contribution in [0.3, 0.4) is 0 Å². The van der Waals surface area contributed by atoms with Crippen LogP contribution >= 0.6 is 11.6 Å². The third-order valence-electron chi connectivity index (χ3n) is 5.70. The highest BCUT2D eigenvalue weighted by Gasteiger charge is 2.43. The molecule has 5 nitrogen and oxygen atoms in total. The van der Waals surface area contributed by atoms with Crippen molar-refractivity contribution in [2.45, 2.75) is 24.9 Å². The highest BCUT2D eigenvalue weighted by Crippen LogP contribution is 2.41. The number of carbonyl (C=O) groups excluding carboxylic acids is 1. The summed E-state index contributed by atoms with van der Waals surface area (Å²) in [7, 11) is 1.51. The number of carboxylic acids is 1. The molecule has 1 aliphatic rings. The lowest BCUT2D eigenvalue weighted by Gasteiger charge is -2.30. The summed E-state index contributed by atoms with van der Waals surface area (Å²) in [5.74, 6) is -0.959. The van der Waals surface area contributed by atoms with E-state index in [2.05, 4.69) is 0 Å². The molecule has 1 N–H and O–H groups in total. The SMILES string of the molecule is COc1cccc(-c2ccccc2)c1C(=O)N1C(C(=O)O)CCC1c1ccc(Cl)cc1. The fraction of sp³-hybridized carbons (Fsp3) is 0.200. The third-order valence-corrected chi connectivity index (χ3v) is 5.96. The maximum absolute atomic E-state index is 13.9. The van der Waals surface area contributed by atoms with E-state index in [1.165, 1.54) is 12.0 Å². The first-order chi connectivity index (χ1) is 15.0. The van der Waals surface area contributed by atoms with Crippen LogP contribution in [0.1, 0.15) is 34.8 Å². The molecule has 0 bridgehead atoms. The Balaban J connectivity index is 1.84. The number of aliphatic carboxylic acids is 1. The molecule has 31 heavy (non-hydrogen) atoms. The maximum atomic E-state index is 13.9. The van der Waals surface area contributed by atoms with E-state index >= 15 is 0 Å². The van der Waals surface area contributed by atoms with Crippen molar-refractivity contribution in [1.29, 1.82) is 0 Å². The Labute approximate surface area is 185 Å². The van der Waals surface area contributed by atoms with Crippen LogP contribution in [-0.2, 0) is 4.79 Å². The number of amides is 1. The Morgan fingerprint density at radius 1 is 0.968 bits per heavy atom. The first kappa shape index (κ1) is 20.9. The van der Waals surface area contributed by atoms with Gasteiger partial charge < -0.3 is 14.7 Å². The number of halogens is 1. The number of ether oxygens (including phenoxy) is 1. The van der Waals surface area contributed by atoms with Crippen molar-refractivity contribution in [2.24, 2.45) is 0 Å². The molecule has 1 aliphatic heterocycles. The molecule has 0 radical (unpaired) electrons. The van der Waals surface area contributed by atoms with Crippen LogP contribution < -0.4 is 4.74 Å². The first-order valence-electron chi connectivity index (χ1n) is 10.0. The van der Waals surface area contributed by atoms with Crippen LogP contribution in [0.15, 0.2) is 72.8 Å². The van der Waals surface area contributed by atoms with Gasteiger partial charge in [-0.25, -0.2) is 4.79 Å². The lowest BCUT2D eigenvalue weighted by molar-refractivity contribution is -0.141. The molecule has 3 aromatic carbocycles. The lowest BCUT2D eigenvalue weighted by atomic mass is 9.96. The van der Waals surface area contributed by atoms with Crippen LogP contribution in [0.25, 0.3) is 11.1 Å². The van der Waals surface area contributed by atoms with Gasteiger partial charge in [0.25, 0.3) is 5.91 Å². The van der Waals surface area contributed by atoms with Gasteiger partial charge in [0.2, 0.25) is 0 Å². The molecule has 0 aliphatic carbocycles. The van der Waals surface area contributed by atoms with Crippen molar-refractivity contribution < 1.29 is 19.4 Å². The number of likely N-dealkylation sites (tertiary alicyclic amines) is 1. The second-order valence-electron chi connectivity index (χ2n) is 7.46. The fourth-order valence-electron chi connectivity index (χ4n) is 4.26. The van der Waals surface area contributed by atoms with Gasteiger partial charge in [-0.3, -0.25) is 4.79 Å². The number of carbonyl (C=O) groups is 2. The summed E-state index contributed by atoms with van der Waals surface area (Å²) in [6.07, 6.45) is 0.935. The van der Waals surface area contributed by atoms with Crippen molar-refractivity contribution in [3.05, 3.63) is 88.9 Å². The van der Waals surface area contributed by atoms with Gasteiger partial charge in [-0.1, -0.05) is 66.2 Å². The molecule has 2 unspecified atom stereocenters. The zero-order chi connectivity index (χ0) is 22.0. The minimum Gasteiger partial charge on any atom is -0.496 e. The Bertz CT molecular complexity index is 1100. The van der Waals surface area contributed by atoms with Gasteiger partial charge >= 0.3 is 5.97 Å². The predicted molar refractivity (Wildman–Crippen MR) is 119 cm³/mol. The average molecular weight is 436 g/mol. The smallest absolute Gasteiger partial charge is 0.326 e. The van der Waals surface area contributed by atoms with E-state index in [1.807, 2.05) is 54.6 Å². The summed E-state index contributed by atoms with van der Waals surface area (Å²) in [6.45, 7) is 0. The lowest BCUT2D eigenvalue weighted by Crippen LogP contribution is -2.42. The summed E-state index contributed by atoms with van der Waals surface area (Å²) in [5, 5.41) is 10.4. The fourth-order valence-corrected chi connectivity index (χ4v) is 4.38. The maximum Gasteiger partial charge on any atom is 0.326 e. The quantitative estimate of drug-likeness (QED) is 0.579. The van der Waals surface area contributed by atoms with Gasteiger partial charge in [-0.15, -0.1) is 0 Å². The van der Waals surface area contributed by atoms with Crippen LogP contribution in [0.2, 0.25) is 5.02 Å². The summed E-state index contributed by atoms with van der Waals surface area (Å²) in [5.41, 5.74) is 2.79. The van der Waals surface area contributed by atoms with Gasteiger partial charge in [-0.05, 0) is 47.7 Å². The molecular weight excluding hydrogens is 414 g/mol. The van der Waals surface area contributed by atoms with Crippen LogP contribution in [0.5, 0.6) is 5.75 Å². The molecule has 3 aromatic rings. The minimum absolute atomic E-state index is 0.360. The molecule has 1 heterocycles. The van der Waals surface area contributed by atoms with Crippen molar-refractivity contribution in [3.8, 4) is 16.9 Å². The number of methoxy groups -OCH3 is 1. The van der Waals surface area contributed by atoms with E-state index in [4.69, 9.17) is 16.3 Å². The van der Waals surface area contributed by atoms with Crippen LogP contribution in [-0.4, -0.2) is 35.0 Å². The summed E-state index contributed by atoms with van der Waals surface area (Å²) in [4.78, 5) is 27.5. The highest BCUT2D eigenvalue weighted by molar-refractivity contribution is 6.30. The average Bonchev–Trinajstić information content (AvgIpc) is 3.24. The van der Waals surface area contributed by atoms with Gasteiger partial charge in [-0.2, -0.15) is 0 Å². The number of hydrogen-bond donors (Lipinski definition) is 1. The second kappa shape index (κ2) is 8.82. The standard InChI is InChI=1S/C25H22ClNO4/c1-31-22-9-5-8-19(16-6-3-2-4-7-16)23(22)24(28)27-20(14-15-21(27)25(29)30)17-10-12-18(26)13-11-17/h2-13,20-21H,14-15H2,1H3,(H,29,30). The van der Waals surface area contributed by atoms with E-state index in [0.717, 1.165) is 11.1 Å². The molecule has 6 heteroatoms. The van der Waals surface area contributed by atoms with Crippen molar-refractivity contribution >= 4 is 23.5 Å². The van der Waals surface area contributed by atoms with Crippen LogP contribution in [0, 0.1) is 0 Å². The molecule has 0 aromatic heterocycles. The Kier molecular flexibility index (Phi) is 5.96. The third kappa shape index (κ3) is 4.01. The number of rotatable bonds is 5. The normalized spacial score (nSPS) is 18.1. The molecule has 158 valence electrons. The molecule has 4 rings (SSSR count). The molecule has 1 amide bonds. The zero-order valence-electron chi connectivity index (χ0n) is 17.0. The monoisotopic (exact) mass is 435 g/mol. The molecule has 1 fully saturated rings. The van der Waals surface area contributed by atoms with E-state index < -0.39 is 12.0 Å². The van der Waals surface area contributed by atoms with Crippen molar-refractivity contribution in [2.75, 3.05) is 7.11 Å². The number of hydrogen-bond acceptors (Lipinski definition) is 3. The van der Waals surface area contributed by atoms with Crippen molar-refractivity contribution in [1.82, 2.24) is 4.90 Å². The van der Waals surface area contributed by atoms with E-state index in [9.17, 15) is 14.7 Å². The summed E-state index contributed by atoms with van der Waals surface area (Å²) < 4.78 is 5.53. The Hall–Kier alpha value is -3.31. The molecule has 2 atom stereocenters. The largest absolute Gasteiger partial charge is 0.496 e. The molecule has 1 saturated heterocycles. The molecule has 0 spiro atoms. The summed E-state index contributed by atoms with van der Waals surface area (Å²) >= 11 is 6.03. The Morgan fingerprint density at radius 2 is 1.68 bits per heavy atom. The highest BCUT2D eigenvalue weighted by atomic mass is 35.5. The molecule has 0 saturated carbocycles.